The van der Waals surface area contributed by atoms with E-state index < -0.39 is 0 Å². The zero-order valence-corrected chi connectivity index (χ0v) is 12.0. The van der Waals surface area contributed by atoms with E-state index in [2.05, 4.69) is 22.1 Å². The summed E-state index contributed by atoms with van der Waals surface area (Å²) in [7, 11) is 1.93. The van der Waals surface area contributed by atoms with Gasteiger partial charge >= 0.3 is 0 Å². The average molecular weight is 271 g/mol. The number of aromatic nitrogens is 1. The highest BCUT2D eigenvalue weighted by molar-refractivity contribution is 7.15. The molecule has 0 amide bonds. The molecule has 0 radical (unpaired) electrons. The van der Waals surface area contributed by atoms with Crippen LogP contribution in [0.25, 0.3) is 11.3 Å². The first-order chi connectivity index (χ1) is 9.20. The van der Waals surface area contributed by atoms with Crippen LogP contribution in [0.2, 0.25) is 0 Å². The Bertz CT molecular complexity index is 603. The molecule has 0 unspecified atom stereocenters. The van der Waals surface area contributed by atoms with E-state index in [-0.39, 0.29) is 0 Å². The average Bonchev–Trinajstić information content (AvgIpc) is 2.75. The molecule has 2 aromatic rings. The van der Waals surface area contributed by atoms with Crippen molar-refractivity contribution in [3.8, 4) is 23.1 Å². The first-order valence-electron chi connectivity index (χ1n) is 6.17. The van der Waals surface area contributed by atoms with E-state index in [1.807, 2.05) is 38.2 Å². The Hall–Kier alpha value is -1.83. The number of nitrogen functional groups attached to an aromatic ring is 1. The SMILES string of the molecule is CNCCC#Cc1ccc(-c2nc(N)sc2C)cc1. The van der Waals surface area contributed by atoms with Crippen LogP contribution in [-0.2, 0) is 0 Å². The summed E-state index contributed by atoms with van der Waals surface area (Å²) < 4.78 is 0. The largest absolute Gasteiger partial charge is 0.375 e. The van der Waals surface area contributed by atoms with Crippen molar-refractivity contribution < 1.29 is 0 Å². The third-order valence-electron chi connectivity index (χ3n) is 2.70. The second-order valence-corrected chi connectivity index (χ2v) is 5.42. The molecule has 98 valence electrons. The van der Waals surface area contributed by atoms with Crippen LogP contribution in [0, 0.1) is 18.8 Å². The third kappa shape index (κ3) is 3.57. The minimum absolute atomic E-state index is 0.614. The Labute approximate surface area is 117 Å². The lowest BCUT2D eigenvalue weighted by Gasteiger charge is -1.98. The molecule has 1 aromatic carbocycles. The molecule has 4 heteroatoms. The van der Waals surface area contributed by atoms with Crippen LogP contribution in [-0.4, -0.2) is 18.6 Å². The lowest BCUT2D eigenvalue weighted by atomic mass is 10.1. The van der Waals surface area contributed by atoms with Gasteiger partial charge in [0.1, 0.15) is 0 Å². The van der Waals surface area contributed by atoms with Gasteiger partial charge in [-0.1, -0.05) is 24.0 Å². The van der Waals surface area contributed by atoms with Gasteiger partial charge in [0.15, 0.2) is 5.13 Å². The maximum absolute atomic E-state index is 5.72. The summed E-state index contributed by atoms with van der Waals surface area (Å²) in [5, 5.41) is 3.69. The first-order valence-corrected chi connectivity index (χ1v) is 6.99. The maximum atomic E-state index is 5.72. The van der Waals surface area contributed by atoms with Crippen molar-refractivity contribution in [2.24, 2.45) is 0 Å². The molecule has 2 rings (SSSR count). The molecule has 1 aromatic heterocycles. The number of nitrogens with one attached hydrogen (secondary N) is 1. The van der Waals surface area contributed by atoms with Crippen molar-refractivity contribution in [2.75, 3.05) is 19.3 Å². The summed E-state index contributed by atoms with van der Waals surface area (Å²) in [6.07, 6.45) is 0.861. The van der Waals surface area contributed by atoms with Crippen LogP contribution in [0.5, 0.6) is 0 Å². The molecule has 1 heterocycles. The van der Waals surface area contributed by atoms with Gasteiger partial charge in [0.05, 0.1) is 5.69 Å². The minimum atomic E-state index is 0.614. The van der Waals surface area contributed by atoms with Crippen molar-refractivity contribution >= 4 is 16.5 Å². The highest BCUT2D eigenvalue weighted by atomic mass is 32.1. The summed E-state index contributed by atoms with van der Waals surface area (Å²) in [6, 6.07) is 8.14. The van der Waals surface area contributed by atoms with E-state index in [0.717, 1.165) is 34.7 Å². The predicted molar refractivity (Wildman–Crippen MR) is 82.1 cm³/mol. The molecule has 0 fully saturated rings. The number of hydrogen-bond acceptors (Lipinski definition) is 4. The Kier molecular flexibility index (Phi) is 4.56. The normalized spacial score (nSPS) is 10.0. The van der Waals surface area contributed by atoms with E-state index in [1.165, 1.54) is 11.3 Å². The third-order valence-corrected chi connectivity index (χ3v) is 3.50. The van der Waals surface area contributed by atoms with E-state index in [0.29, 0.717) is 5.13 Å². The Morgan fingerprint density at radius 3 is 2.63 bits per heavy atom. The number of nitrogens with two attached hydrogens (primary N) is 1. The number of benzene rings is 1. The zero-order chi connectivity index (χ0) is 13.7. The first kappa shape index (κ1) is 13.6. The Morgan fingerprint density at radius 2 is 2.05 bits per heavy atom. The minimum Gasteiger partial charge on any atom is -0.375 e. The van der Waals surface area contributed by atoms with Crippen LogP contribution in [0.1, 0.15) is 16.9 Å². The van der Waals surface area contributed by atoms with Crippen LogP contribution in [0.3, 0.4) is 0 Å². The van der Waals surface area contributed by atoms with Crippen molar-refractivity contribution in [2.45, 2.75) is 13.3 Å². The molecule has 19 heavy (non-hydrogen) atoms. The molecule has 3 N–H and O–H groups in total. The Balaban J connectivity index is 2.14. The lowest BCUT2D eigenvalue weighted by Crippen LogP contribution is -2.05. The monoisotopic (exact) mass is 271 g/mol. The molecule has 0 bridgehead atoms. The standard InChI is InChI=1S/C15H17N3S/c1-11-14(18-15(16)19-11)13-8-6-12(7-9-13)5-3-4-10-17-2/h6-9,17H,4,10H2,1-2H3,(H2,16,18). The van der Waals surface area contributed by atoms with E-state index in [4.69, 9.17) is 5.73 Å². The number of hydrogen-bond donors (Lipinski definition) is 2. The topological polar surface area (TPSA) is 50.9 Å². The summed E-state index contributed by atoms with van der Waals surface area (Å²) >= 11 is 1.52. The summed E-state index contributed by atoms with van der Waals surface area (Å²) in [5.74, 6) is 6.28. The van der Waals surface area contributed by atoms with Crippen LogP contribution >= 0.6 is 11.3 Å². The van der Waals surface area contributed by atoms with Gasteiger partial charge in [0.25, 0.3) is 0 Å². The number of anilines is 1. The smallest absolute Gasteiger partial charge is 0.180 e. The van der Waals surface area contributed by atoms with Gasteiger partial charge in [-0.3, -0.25) is 0 Å². The van der Waals surface area contributed by atoms with E-state index in [9.17, 15) is 0 Å². The molecule has 0 aliphatic rings. The zero-order valence-electron chi connectivity index (χ0n) is 11.2. The van der Waals surface area contributed by atoms with Crippen LogP contribution in [0.15, 0.2) is 24.3 Å². The number of nitrogens with zero attached hydrogens (tertiary/aromatic N) is 1. The van der Waals surface area contributed by atoms with Crippen molar-refractivity contribution in [3.63, 3.8) is 0 Å². The highest BCUT2D eigenvalue weighted by Gasteiger charge is 2.07. The quantitative estimate of drug-likeness (QED) is 0.666. The molecule has 0 saturated heterocycles. The van der Waals surface area contributed by atoms with Gasteiger partial charge in [-0.05, 0) is 26.1 Å². The predicted octanol–water partition coefficient (Wildman–Crippen LogP) is 2.66. The van der Waals surface area contributed by atoms with Gasteiger partial charge in [0.2, 0.25) is 0 Å². The summed E-state index contributed by atoms with van der Waals surface area (Å²) in [6.45, 7) is 2.96. The maximum Gasteiger partial charge on any atom is 0.180 e. The molecule has 0 saturated carbocycles. The molecule has 0 atom stereocenters. The van der Waals surface area contributed by atoms with E-state index in [1.54, 1.807) is 0 Å². The van der Waals surface area contributed by atoms with Gasteiger partial charge in [0, 0.05) is 29.0 Å². The fourth-order valence-electron chi connectivity index (χ4n) is 1.75. The highest BCUT2D eigenvalue weighted by Crippen LogP contribution is 2.28. The number of aryl methyl sites for hydroxylation is 1. The molecular weight excluding hydrogens is 254 g/mol. The number of rotatable bonds is 3. The summed E-state index contributed by atoms with van der Waals surface area (Å²) in [5.41, 5.74) is 8.81. The van der Waals surface area contributed by atoms with Gasteiger partial charge in [-0.15, -0.1) is 11.3 Å². The molecular formula is C15H17N3S. The van der Waals surface area contributed by atoms with Gasteiger partial charge in [-0.25, -0.2) is 4.98 Å². The molecule has 3 nitrogen and oxygen atoms in total. The summed E-state index contributed by atoms with van der Waals surface area (Å²) in [4.78, 5) is 5.49. The second-order valence-electron chi connectivity index (χ2n) is 4.19. The van der Waals surface area contributed by atoms with Gasteiger partial charge in [-0.2, -0.15) is 0 Å². The number of thiazole rings is 1. The molecule has 0 aliphatic heterocycles. The van der Waals surface area contributed by atoms with E-state index >= 15 is 0 Å². The fourth-order valence-corrected chi connectivity index (χ4v) is 2.46. The van der Waals surface area contributed by atoms with Crippen molar-refractivity contribution in [3.05, 3.63) is 34.7 Å². The van der Waals surface area contributed by atoms with Crippen LogP contribution in [0.4, 0.5) is 5.13 Å². The van der Waals surface area contributed by atoms with Crippen molar-refractivity contribution in [1.29, 1.82) is 0 Å². The second kappa shape index (κ2) is 6.37. The Morgan fingerprint density at radius 1 is 1.32 bits per heavy atom. The van der Waals surface area contributed by atoms with Crippen molar-refractivity contribution in [1.82, 2.24) is 10.3 Å². The lowest BCUT2D eigenvalue weighted by molar-refractivity contribution is 0.818. The molecule has 0 aliphatic carbocycles. The fraction of sp³-hybridized carbons (Fsp3) is 0.267. The molecule has 0 spiro atoms. The van der Waals surface area contributed by atoms with Gasteiger partial charge < -0.3 is 11.1 Å². The van der Waals surface area contributed by atoms with Crippen LogP contribution < -0.4 is 11.1 Å².